The van der Waals surface area contributed by atoms with Crippen molar-refractivity contribution >= 4 is 0 Å². The number of hydrogen-bond acceptors (Lipinski definition) is 1. The summed E-state index contributed by atoms with van der Waals surface area (Å²) in [5.41, 5.74) is 2.14. The third-order valence-corrected chi connectivity index (χ3v) is 2.47. The molecule has 2 heteroatoms. The minimum absolute atomic E-state index is 0.170. The molecule has 0 aromatic heterocycles. The van der Waals surface area contributed by atoms with E-state index >= 15 is 0 Å². The molecule has 1 aromatic carbocycles. The molecule has 0 heterocycles. The summed E-state index contributed by atoms with van der Waals surface area (Å²) < 4.78 is 13.1. The van der Waals surface area contributed by atoms with Crippen LogP contribution in [0.5, 0.6) is 0 Å². The van der Waals surface area contributed by atoms with E-state index in [1.54, 1.807) is 6.07 Å². The van der Waals surface area contributed by atoms with E-state index in [0.29, 0.717) is 0 Å². The normalized spacial score (nSPS) is 12.5. The third-order valence-electron chi connectivity index (χ3n) is 2.47. The quantitative estimate of drug-likeness (QED) is 0.730. The minimum Gasteiger partial charge on any atom is -0.310 e. The van der Waals surface area contributed by atoms with Crippen molar-refractivity contribution in [1.29, 1.82) is 0 Å². The van der Waals surface area contributed by atoms with Crippen LogP contribution in [0, 0.1) is 12.7 Å². The topological polar surface area (TPSA) is 12.0 Å². The number of halogens is 1. The van der Waals surface area contributed by atoms with Crippen LogP contribution in [-0.4, -0.2) is 6.54 Å². The third kappa shape index (κ3) is 3.17. The van der Waals surface area contributed by atoms with Crippen LogP contribution in [0.2, 0.25) is 0 Å². The fourth-order valence-electron chi connectivity index (χ4n) is 1.72. The lowest BCUT2D eigenvalue weighted by molar-refractivity contribution is 0.548. The van der Waals surface area contributed by atoms with Crippen LogP contribution in [0.15, 0.2) is 30.9 Å². The smallest absolute Gasteiger partial charge is 0.123 e. The van der Waals surface area contributed by atoms with Crippen LogP contribution in [0.4, 0.5) is 4.39 Å². The molecule has 1 atom stereocenters. The van der Waals surface area contributed by atoms with Crippen LogP contribution in [-0.2, 0) is 0 Å². The summed E-state index contributed by atoms with van der Waals surface area (Å²) in [5.74, 6) is -0.178. The molecule has 0 aliphatic carbocycles. The zero-order valence-corrected chi connectivity index (χ0v) is 9.39. The largest absolute Gasteiger partial charge is 0.310 e. The molecule has 0 amide bonds. The average molecular weight is 207 g/mol. The molecular formula is C13H18FN. The summed E-state index contributed by atoms with van der Waals surface area (Å²) in [6.07, 6.45) is 2.68. The van der Waals surface area contributed by atoms with Gasteiger partial charge in [0, 0.05) is 6.04 Å². The fourth-order valence-corrected chi connectivity index (χ4v) is 1.72. The first-order valence-electron chi connectivity index (χ1n) is 5.29. The highest BCUT2D eigenvalue weighted by atomic mass is 19.1. The second-order valence-electron chi connectivity index (χ2n) is 3.64. The maximum atomic E-state index is 13.1. The number of aryl methyl sites for hydroxylation is 1. The van der Waals surface area contributed by atoms with Gasteiger partial charge in [0.25, 0.3) is 0 Å². The van der Waals surface area contributed by atoms with Crippen LogP contribution < -0.4 is 5.32 Å². The Balaban J connectivity index is 2.97. The SMILES string of the molecule is C=CCC(NCC)c1cc(F)ccc1C. The number of benzene rings is 1. The summed E-state index contributed by atoms with van der Waals surface area (Å²) >= 11 is 0. The zero-order valence-electron chi connectivity index (χ0n) is 9.39. The van der Waals surface area contributed by atoms with Crippen LogP contribution >= 0.6 is 0 Å². The molecular weight excluding hydrogens is 189 g/mol. The molecule has 0 bridgehead atoms. The molecule has 1 unspecified atom stereocenters. The van der Waals surface area contributed by atoms with Crippen molar-refractivity contribution in [3.05, 3.63) is 47.8 Å². The highest BCUT2D eigenvalue weighted by Gasteiger charge is 2.11. The number of rotatable bonds is 5. The Morgan fingerprint density at radius 1 is 1.53 bits per heavy atom. The van der Waals surface area contributed by atoms with E-state index in [1.807, 2.05) is 26.0 Å². The average Bonchev–Trinajstić information content (AvgIpc) is 2.21. The molecule has 0 spiro atoms. The van der Waals surface area contributed by atoms with Crippen molar-refractivity contribution in [2.24, 2.45) is 0 Å². The Labute approximate surface area is 91.0 Å². The van der Waals surface area contributed by atoms with E-state index in [4.69, 9.17) is 0 Å². The van der Waals surface area contributed by atoms with E-state index in [1.165, 1.54) is 6.07 Å². The van der Waals surface area contributed by atoms with Crippen molar-refractivity contribution in [1.82, 2.24) is 5.32 Å². The second kappa shape index (κ2) is 5.66. The Morgan fingerprint density at radius 2 is 2.27 bits per heavy atom. The molecule has 1 rings (SSSR count). The van der Waals surface area contributed by atoms with Gasteiger partial charge in [-0.2, -0.15) is 0 Å². The Bertz CT molecular complexity index is 333. The molecule has 0 saturated carbocycles. The summed E-state index contributed by atoms with van der Waals surface area (Å²) in [5, 5.41) is 3.33. The van der Waals surface area contributed by atoms with E-state index in [0.717, 1.165) is 24.1 Å². The lowest BCUT2D eigenvalue weighted by Gasteiger charge is -2.18. The molecule has 15 heavy (non-hydrogen) atoms. The van der Waals surface area contributed by atoms with Crippen molar-refractivity contribution in [2.75, 3.05) is 6.54 Å². The van der Waals surface area contributed by atoms with Gasteiger partial charge < -0.3 is 5.32 Å². The number of hydrogen-bond donors (Lipinski definition) is 1. The minimum atomic E-state index is -0.178. The molecule has 1 aromatic rings. The molecule has 0 radical (unpaired) electrons. The van der Waals surface area contributed by atoms with E-state index < -0.39 is 0 Å². The highest BCUT2D eigenvalue weighted by molar-refractivity contribution is 5.30. The van der Waals surface area contributed by atoms with Crippen molar-refractivity contribution in [3.8, 4) is 0 Å². The Hall–Kier alpha value is -1.15. The van der Waals surface area contributed by atoms with Gasteiger partial charge in [-0.1, -0.05) is 19.1 Å². The summed E-state index contributed by atoms with van der Waals surface area (Å²) in [6, 6.07) is 5.09. The monoisotopic (exact) mass is 207 g/mol. The van der Waals surface area contributed by atoms with Crippen molar-refractivity contribution in [2.45, 2.75) is 26.3 Å². The van der Waals surface area contributed by atoms with Gasteiger partial charge in [-0.3, -0.25) is 0 Å². The molecule has 1 N–H and O–H groups in total. The lowest BCUT2D eigenvalue weighted by Crippen LogP contribution is -2.21. The molecule has 0 aliphatic rings. The van der Waals surface area contributed by atoms with Gasteiger partial charge in [-0.05, 0) is 43.1 Å². The molecule has 0 saturated heterocycles. The first kappa shape index (κ1) is 11.9. The maximum absolute atomic E-state index is 13.1. The standard InChI is InChI=1S/C13H18FN/c1-4-6-13(15-5-2)12-9-11(14)8-7-10(12)3/h4,7-9,13,15H,1,5-6H2,2-3H3. The van der Waals surface area contributed by atoms with Gasteiger partial charge >= 0.3 is 0 Å². The highest BCUT2D eigenvalue weighted by Crippen LogP contribution is 2.21. The zero-order chi connectivity index (χ0) is 11.3. The van der Waals surface area contributed by atoms with E-state index in [9.17, 15) is 4.39 Å². The van der Waals surface area contributed by atoms with E-state index in [-0.39, 0.29) is 11.9 Å². The summed E-state index contributed by atoms with van der Waals surface area (Å²) in [4.78, 5) is 0. The van der Waals surface area contributed by atoms with Crippen molar-refractivity contribution in [3.63, 3.8) is 0 Å². The molecule has 0 aliphatic heterocycles. The number of nitrogens with one attached hydrogen (secondary N) is 1. The van der Waals surface area contributed by atoms with Crippen molar-refractivity contribution < 1.29 is 4.39 Å². The maximum Gasteiger partial charge on any atom is 0.123 e. The first-order chi connectivity index (χ1) is 7.19. The van der Waals surface area contributed by atoms with E-state index in [2.05, 4.69) is 11.9 Å². The predicted octanol–water partition coefficient (Wildman–Crippen LogP) is 3.36. The second-order valence-corrected chi connectivity index (χ2v) is 3.64. The van der Waals surface area contributed by atoms with Crippen LogP contribution in [0.25, 0.3) is 0 Å². The first-order valence-corrected chi connectivity index (χ1v) is 5.29. The molecule has 82 valence electrons. The summed E-state index contributed by atoms with van der Waals surface area (Å²) in [7, 11) is 0. The van der Waals surface area contributed by atoms with Gasteiger partial charge in [0.1, 0.15) is 5.82 Å². The van der Waals surface area contributed by atoms with Gasteiger partial charge in [0.2, 0.25) is 0 Å². The van der Waals surface area contributed by atoms with Gasteiger partial charge in [-0.25, -0.2) is 4.39 Å². The Kier molecular flexibility index (Phi) is 4.50. The fraction of sp³-hybridized carbons (Fsp3) is 0.385. The summed E-state index contributed by atoms with van der Waals surface area (Å²) in [6.45, 7) is 8.64. The predicted molar refractivity (Wildman–Crippen MR) is 62.4 cm³/mol. The lowest BCUT2D eigenvalue weighted by atomic mass is 9.98. The van der Waals surface area contributed by atoms with Crippen LogP contribution in [0.3, 0.4) is 0 Å². The Morgan fingerprint density at radius 3 is 2.87 bits per heavy atom. The molecule has 1 nitrogen and oxygen atoms in total. The van der Waals surface area contributed by atoms with Gasteiger partial charge in [0.05, 0.1) is 0 Å². The van der Waals surface area contributed by atoms with Gasteiger partial charge in [0.15, 0.2) is 0 Å². The van der Waals surface area contributed by atoms with Crippen LogP contribution in [0.1, 0.15) is 30.5 Å². The van der Waals surface area contributed by atoms with Gasteiger partial charge in [-0.15, -0.1) is 6.58 Å². The molecule has 0 fully saturated rings.